The summed E-state index contributed by atoms with van der Waals surface area (Å²) in [5.74, 6) is 0.675. The summed E-state index contributed by atoms with van der Waals surface area (Å²) < 4.78 is 19.2. The smallest absolute Gasteiger partial charge is 0.217 e. The zero-order valence-corrected chi connectivity index (χ0v) is 14.5. The number of fused-ring (bicyclic) bond motifs is 1. The van der Waals surface area contributed by atoms with Crippen LogP contribution >= 0.6 is 0 Å². The van der Waals surface area contributed by atoms with Crippen LogP contribution in [0.3, 0.4) is 0 Å². The number of nitrogens with zero attached hydrogens (tertiary/aromatic N) is 3. The van der Waals surface area contributed by atoms with Crippen LogP contribution in [0.4, 0.5) is 4.39 Å². The van der Waals surface area contributed by atoms with E-state index in [0.717, 1.165) is 30.8 Å². The highest BCUT2D eigenvalue weighted by atomic mass is 19.1. The summed E-state index contributed by atoms with van der Waals surface area (Å²) in [7, 11) is 0. The second kappa shape index (κ2) is 8.25. The van der Waals surface area contributed by atoms with Crippen LogP contribution in [0, 0.1) is 12.7 Å². The summed E-state index contributed by atoms with van der Waals surface area (Å²) in [6.45, 7) is 5.23. The van der Waals surface area contributed by atoms with Crippen LogP contribution in [-0.2, 0) is 13.0 Å². The zero-order valence-electron chi connectivity index (χ0n) is 14.5. The third kappa shape index (κ3) is 4.89. The molecule has 0 bridgehead atoms. The van der Waals surface area contributed by atoms with Crippen molar-refractivity contribution < 1.29 is 14.2 Å². The average molecular weight is 345 g/mol. The van der Waals surface area contributed by atoms with E-state index in [9.17, 15) is 4.39 Å². The van der Waals surface area contributed by atoms with Crippen LogP contribution in [0.2, 0.25) is 0 Å². The summed E-state index contributed by atoms with van der Waals surface area (Å²) in [6.07, 6.45) is 5.92. The molecule has 0 unspecified atom stereocenters. The lowest BCUT2D eigenvalue weighted by molar-refractivity contribution is 0.214. The van der Waals surface area contributed by atoms with E-state index in [4.69, 9.17) is 9.84 Å². The first-order chi connectivity index (χ1) is 12.1. The van der Waals surface area contributed by atoms with Crippen molar-refractivity contribution in [2.24, 2.45) is 0 Å². The molecular weight excluding hydrogens is 321 g/mol. The number of halogens is 1. The quantitative estimate of drug-likeness (QED) is 0.905. The van der Waals surface area contributed by atoms with E-state index < -0.39 is 0 Å². The highest BCUT2D eigenvalue weighted by molar-refractivity contribution is 5.32. The SMILES string of the molecule is Cc1ccc(O)cn1.Fc1cc2c(nc1CN1CCCCC1)OCC2. The Morgan fingerprint density at radius 3 is 2.72 bits per heavy atom. The van der Waals surface area contributed by atoms with Crippen molar-refractivity contribution in [3.05, 3.63) is 47.2 Å². The summed E-state index contributed by atoms with van der Waals surface area (Å²) >= 11 is 0. The Bertz CT molecular complexity index is 680. The van der Waals surface area contributed by atoms with Crippen LogP contribution in [0.5, 0.6) is 11.6 Å². The first-order valence-electron chi connectivity index (χ1n) is 8.77. The largest absolute Gasteiger partial charge is 0.506 e. The fourth-order valence-corrected chi connectivity index (χ4v) is 3.01. The van der Waals surface area contributed by atoms with E-state index in [1.165, 1.54) is 25.5 Å². The van der Waals surface area contributed by atoms with Crippen molar-refractivity contribution in [3.63, 3.8) is 0 Å². The minimum Gasteiger partial charge on any atom is -0.506 e. The van der Waals surface area contributed by atoms with Gasteiger partial charge in [0, 0.05) is 24.2 Å². The Hall–Kier alpha value is -2.21. The van der Waals surface area contributed by atoms with Gasteiger partial charge in [0.15, 0.2) is 0 Å². The minimum absolute atomic E-state index is 0.181. The lowest BCUT2D eigenvalue weighted by atomic mass is 10.1. The molecule has 2 aromatic heterocycles. The van der Waals surface area contributed by atoms with Gasteiger partial charge in [-0.15, -0.1) is 0 Å². The number of pyridine rings is 2. The van der Waals surface area contributed by atoms with Gasteiger partial charge in [0.2, 0.25) is 5.88 Å². The Kier molecular flexibility index (Phi) is 5.81. The molecule has 5 nitrogen and oxygen atoms in total. The molecule has 1 N–H and O–H groups in total. The number of hydrogen-bond acceptors (Lipinski definition) is 5. The Morgan fingerprint density at radius 2 is 2.04 bits per heavy atom. The molecular formula is C19H24FN3O2. The number of aromatic nitrogens is 2. The zero-order chi connectivity index (χ0) is 17.6. The average Bonchev–Trinajstić information content (AvgIpc) is 3.06. The topological polar surface area (TPSA) is 58.5 Å². The van der Waals surface area contributed by atoms with Gasteiger partial charge in [0.05, 0.1) is 18.5 Å². The molecule has 4 rings (SSSR count). The number of piperidine rings is 1. The van der Waals surface area contributed by atoms with Crippen LogP contribution in [0.25, 0.3) is 0 Å². The van der Waals surface area contributed by atoms with E-state index in [1.807, 2.05) is 6.92 Å². The molecule has 2 aromatic rings. The van der Waals surface area contributed by atoms with Crippen molar-refractivity contribution in [2.45, 2.75) is 39.2 Å². The van der Waals surface area contributed by atoms with Gasteiger partial charge in [0.1, 0.15) is 11.6 Å². The molecule has 1 fully saturated rings. The first-order valence-corrected chi connectivity index (χ1v) is 8.77. The molecule has 0 amide bonds. The summed E-state index contributed by atoms with van der Waals surface area (Å²) in [6, 6.07) is 4.96. The molecule has 0 aliphatic carbocycles. The second-order valence-corrected chi connectivity index (χ2v) is 6.47. The number of ether oxygens (including phenoxy) is 1. The van der Waals surface area contributed by atoms with Crippen LogP contribution < -0.4 is 4.74 Å². The van der Waals surface area contributed by atoms with Crippen LogP contribution in [0.15, 0.2) is 24.4 Å². The third-order valence-corrected chi connectivity index (χ3v) is 4.42. The normalized spacial score (nSPS) is 16.6. The number of aromatic hydroxyl groups is 1. The van der Waals surface area contributed by atoms with Gasteiger partial charge in [-0.1, -0.05) is 6.42 Å². The van der Waals surface area contributed by atoms with Crippen molar-refractivity contribution in [1.29, 1.82) is 0 Å². The molecule has 0 aromatic carbocycles. The Labute approximate surface area is 147 Å². The van der Waals surface area contributed by atoms with E-state index in [0.29, 0.717) is 24.7 Å². The predicted molar refractivity (Wildman–Crippen MR) is 93.2 cm³/mol. The maximum absolute atomic E-state index is 13.9. The van der Waals surface area contributed by atoms with Gasteiger partial charge in [-0.2, -0.15) is 0 Å². The van der Waals surface area contributed by atoms with E-state index >= 15 is 0 Å². The molecule has 6 heteroatoms. The number of rotatable bonds is 2. The third-order valence-electron chi connectivity index (χ3n) is 4.42. The number of aryl methyl sites for hydroxylation is 1. The highest BCUT2D eigenvalue weighted by Gasteiger charge is 2.20. The molecule has 134 valence electrons. The fraction of sp³-hybridized carbons (Fsp3) is 0.474. The van der Waals surface area contributed by atoms with Gasteiger partial charge in [0.25, 0.3) is 0 Å². The number of hydrogen-bond donors (Lipinski definition) is 1. The lowest BCUT2D eigenvalue weighted by Crippen LogP contribution is -2.29. The summed E-state index contributed by atoms with van der Waals surface area (Å²) in [4.78, 5) is 10.4. The van der Waals surface area contributed by atoms with Crippen molar-refractivity contribution in [2.75, 3.05) is 19.7 Å². The van der Waals surface area contributed by atoms with Crippen molar-refractivity contribution >= 4 is 0 Å². The fourth-order valence-electron chi connectivity index (χ4n) is 3.01. The molecule has 0 saturated carbocycles. The molecule has 4 heterocycles. The van der Waals surface area contributed by atoms with Crippen LogP contribution in [-0.4, -0.2) is 39.7 Å². The summed E-state index contributed by atoms with van der Waals surface area (Å²) in [5, 5.41) is 8.69. The molecule has 1 saturated heterocycles. The van der Waals surface area contributed by atoms with Crippen molar-refractivity contribution in [1.82, 2.24) is 14.9 Å². The molecule has 2 aliphatic heterocycles. The molecule has 0 atom stereocenters. The van der Waals surface area contributed by atoms with Gasteiger partial charge in [-0.3, -0.25) is 9.88 Å². The monoisotopic (exact) mass is 345 g/mol. The second-order valence-electron chi connectivity index (χ2n) is 6.47. The first kappa shape index (κ1) is 17.6. The maximum Gasteiger partial charge on any atom is 0.217 e. The highest BCUT2D eigenvalue weighted by Crippen LogP contribution is 2.25. The van der Waals surface area contributed by atoms with E-state index in [2.05, 4.69) is 14.9 Å². The molecule has 2 aliphatic rings. The van der Waals surface area contributed by atoms with E-state index in [-0.39, 0.29) is 11.6 Å². The Balaban J connectivity index is 0.000000192. The van der Waals surface area contributed by atoms with Crippen LogP contribution in [0.1, 0.15) is 36.2 Å². The van der Waals surface area contributed by atoms with Crippen molar-refractivity contribution in [3.8, 4) is 11.6 Å². The lowest BCUT2D eigenvalue weighted by Gasteiger charge is -2.26. The molecule has 0 radical (unpaired) electrons. The van der Waals surface area contributed by atoms with Gasteiger partial charge >= 0.3 is 0 Å². The molecule has 0 spiro atoms. The van der Waals surface area contributed by atoms with Gasteiger partial charge in [-0.05, 0) is 51.1 Å². The summed E-state index contributed by atoms with van der Waals surface area (Å²) in [5.41, 5.74) is 2.36. The predicted octanol–water partition coefficient (Wildman–Crippen LogP) is 3.24. The Morgan fingerprint density at radius 1 is 1.24 bits per heavy atom. The molecule has 25 heavy (non-hydrogen) atoms. The standard InChI is InChI=1S/C13H17FN2O.C6H7NO/c14-11-8-10-4-7-17-13(10)15-12(11)9-16-5-2-1-3-6-16;1-5-2-3-6(8)4-7-5/h8H,1-7,9H2;2-4,8H,1H3. The van der Waals surface area contributed by atoms with E-state index in [1.54, 1.807) is 18.2 Å². The maximum atomic E-state index is 13.9. The van der Waals surface area contributed by atoms with Gasteiger partial charge in [-0.25, -0.2) is 9.37 Å². The van der Waals surface area contributed by atoms with Gasteiger partial charge < -0.3 is 9.84 Å². The number of likely N-dealkylation sites (tertiary alicyclic amines) is 1. The minimum atomic E-state index is -0.181.